The lowest BCUT2D eigenvalue weighted by atomic mass is 9.93. The molecule has 124 valence electrons. The summed E-state index contributed by atoms with van der Waals surface area (Å²) >= 11 is 0. The van der Waals surface area contributed by atoms with Gasteiger partial charge in [-0.3, -0.25) is 0 Å². The topological polar surface area (TPSA) is 0 Å². The van der Waals surface area contributed by atoms with Gasteiger partial charge in [-0.05, 0) is 87.5 Å². The van der Waals surface area contributed by atoms with Crippen LogP contribution >= 0.6 is 0 Å². The molecule has 0 N–H and O–H groups in total. The monoisotopic (exact) mass is 332 g/mol. The number of hydrogen-bond acceptors (Lipinski definition) is 0. The minimum Gasteiger partial charge on any atom is -0.0616 e. The summed E-state index contributed by atoms with van der Waals surface area (Å²) in [5.74, 6) is 0. The first-order valence-electron chi connectivity index (χ1n) is 9.47. The molecule has 4 aromatic rings. The molecule has 0 radical (unpaired) electrons. The fraction of sp³-hybridized carbons (Fsp3) is 0.154. The SMILES string of the molecule is Cc1ccc2c(c1)Cc1c-2ccc2c1Cc1cc(C)c3ccccc3c1-2. The largest absolute Gasteiger partial charge is 0.0616 e. The van der Waals surface area contributed by atoms with Gasteiger partial charge in [-0.15, -0.1) is 0 Å². The van der Waals surface area contributed by atoms with Gasteiger partial charge < -0.3 is 0 Å². The second kappa shape index (κ2) is 4.86. The van der Waals surface area contributed by atoms with Crippen LogP contribution in [-0.2, 0) is 12.8 Å². The van der Waals surface area contributed by atoms with E-state index in [1.807, 2.05) is 0 Å². The zero-order chi connectivity index (χ0) is 17.4. The van der Waals surface area contributed by atoms with Crippen molar-refractivity contribution in [3.05, 3.63) is 94.0 Å². The Bertz CT molecular complexity index is 1240. The van der Waals surface area contributed by atoms with Crippen molar-refractivity contribution in [1.82, 2.24) is 0 Å². The molecule has 0 aliphatic heterocycles. The Balaban J connectivity index is 1.63. The zero-order valence-corrected chi connectivity index (χ0v) is 15.2. The quantitative estimate of drug-likeness (QED) is 0.294. The molecule has 0 nitrogen and oxygen atoms in total. The highest BCUT2D eigenvalue weighted by Crippen LogP contribution is 2.48. The molecule has 0 aromatic heterocycles. The number of hydrogen-bond donors (Lipinski definition) is 0. The lowest BCUT2D eigenvalue weighted by molar-refractivity contribution is 1.16. The third-order valence-electron chi connectivity index (χ3n) is 6.32. The summed E-state index contributed by atoms with van der Waals surface area (Å²) in [6, 6.07) is 22.9. The third kappa shape index (κ3) is 1.74. The van der Waals surface area contributed by atoms with Gasteiger partial charge in [-0.2, -0.15) is 0 Å². The van der Waals surface area contributed by atoms with Gasteiger partial charge >= 0.3 is 0 Å². The first kappa shape index (κ1) is 14.3. The molecule has 0 unspecified atom stereocenters. The molecule has 0 fully saturated rings. The van der Waals surface area contributed by atoms with Gasteiger partial charge in [-0.1, -0.05) is 66.2 Å². The molecule has 0 spiro atoms. The van der Waals surface area contributed by atoms with Crippen molar-refractivity contribution in [1.29, 1.82) is 0 Å². The van der Waals surface area contributed by atoms with Crippen LogP contribution in [0.15, 0.2) is 60.7 Å². The van der Waals surface area contributed by atoms with Gasteiger partial charge in [0.25, 0.3) is 0 Å². The number of aryl methyl sites for hydroxylation is 2. The average molecular weight is 332 g/mol. The van der Waals surface area contributed by atoms with Gasteiger partial charge in [0.15, 0.2) is 0 Å². The molecule has 2 aliphatic rings. The molecule has 26 heavy (non-hydrogen) atoms. The predicted molar refractivity (Wildman–Crippen MR) is 110 cm³/mol. The Morgan fingerprint density at radius 2 is 1.31 bits per heavy atom. The van der Waals surface area contributed by atoms with Crippen molar-refractivity contribution in [2.24, 2.45) is 0 Å². The van der Waals surface area contributed by atoms with Gasteiger partial charge in [0.05, 0.1) is 0 Å². The predicted octanol–water partition coefficient (Wildman–Crippen LogP) is 6.60. The van der Waals surface area contributed by atoms with E-state index in [2.05, 4.69) is 74.5 Å². The summed E-state index contributed by atoms with van der Waals surface area (Å²) < 4.78 is 0. The van der Waals surface area contributed by atoms with Crippen molar-refractivity contribution in [2.75, 3.05) is 0 Å². The van der Waals surface area contributed by atoms with Crippen LogP contribution in [0.5, 0.6) is 0 Å². The number of fused-ring (bicyclic) bond motifs is 9. The van der Waals surface area contributed by atoms with Crippen molar-refractivity contribution in [2.45, 2.75) is 26.7 Å². The molecule has 0 heteroatoms. The number of rotatable bonds is 0. The van der Waals surface area contributed by atoms with Crippen molar-refractivity contribution < 1.29 is 0 Å². The molecule has 0 bridgehead atoms. The Morgan fingerprint density at radius 3 is 2.19 bits per heavy atom. The summed E-state index contributed by atoms with van der Waals surface area (Å²) in [6.07, 6.45) is 2.16. The van der Waals surface area contributed by atoms with E-state index in [4.69, 9.17) is 0 Å². The summed E-state index contributed by atoms with van der Waals surface area (Å²) in [6.45, 7) is 4.44. The summed E-state index contributed by atoms with van der Waals surface area (Å²) in [7, 11) is 0. The van der Waals surface area contributed by atoms with Crippen molar-refractivity contribution >= 4 is 10.8 Å². The lowest BCUT2D eigenvalue weighted by Gasteiger charge is -2.10. The minimum atomic E-state index is 1.08. The Hall–Kier alpha value is -2.86. The van der Waals surface area contributed by atoms with E-state index in [-0.39, 0.29) is 0 Å². The van der Waals surface area contributed by atoms with Crippen LogP contribution < -0.4 is 0 Å². The molecule has 2 aliphatic carbocycles. The third-order valence-corrected chi connectivity index (χ3v) is 6.32. The van der Waals surface area contributed by atoms with Crippen LogP contribution in [0.25, 0.3) is 33.0 Å². The van der Waals surface area contributed by atoms with Crippen LogP contribution in [0.2, 0.25) is 0 Å². The van der Waals surface area contributed by atoms with Gasteiger partial charge in [0, 0.05) is 0 Å². The van der Waals surface area contributed by atoms with Gasteiger partial charge in [-0.25, -0.2) is 0 Å². The van der Waals surface area contributed by atoms with Crippen LogP contribution in [0.3, 0.4) is 0 Å². The molecular weight excluding hydrogens is 312 g/mol. The fourth-order valence-corrected chi connectivity index (χ4v) is 5.18. The molecule has 0 heterocycles. The lowest BCUT2D eigenvalue weighted by Crippen LogP contribution is -1.91. The molecule has 0 amide bonds. The highest BCUT2D eigenvalue weighted by atomic mass is 14.3. The Kier molecular flexibility index (Phi) is 2.68. The molecule has 0 atom stereocenters. The zero-order valence-electron chi connectivity index (χ0n) is 15.2. The van der Waals surface area contributed by atoms with E-state index < -0.39 is 0 Å². The van der Waals surface area contributed by atoms with E-state index in [0.717, 1.165) is 12.8 Å². The van der Waals surface area contributed by atoms with E-state index in [1.54, 1.807) is 11.1 Å². The van der Waals surface area contributed by atoms with Gasteiger partial charge in [0.1, 0.15) is 0 Å². The Morgan fingerprint density at radius 1 is 0.615 bits per heavy atom. The van der Waals surface area contributed by atoms with E-state index in [1.165, 1.54) is 55.3 Å². The molecule has 0 saturated heterocycles. The van der Waals surface area contributed by atoms with Crippen molar-refractivity contribution in [3.63, 3.8) is 0 Å². The van der Waals surface area contributed by atoms with E-state index >= 15 is 0 Å². The van der Waals surface area contributed by atoms with Gasteiger partial charge in [0.2, 0.25) is 0 Å². The minimum absolute atomic E-state index is 1.08. The average Bonchev–Trinajstić information content (AvgIpc) is 3.19. The van der Waals surface area contributed by atoms with Crippen LogP contribution in [0.1, 0.15) is 33.4 Å². The summed E-state index contributed by atoms with van der Waals surface area (Å²) in [5.41, 5.74) is 14.7. The molecule has 4 aromatic carbocycles. The highest BCUT2D eigenvalue weighted by molar-refractivity contribution is 6.03. The molecule has 6 rings (SSSR count). The maximum absolute atomic E-state index is 2.41. The van der Waals surface area contributed by atoms with Crippen molar-refractivity contribution in [3.8, 4) is 22.3 Å². The first-order chi connectivity index (χ1) is 12.7. The Labute approximate surface area is 154 Å². The van der Waals surface area contributed by atoms with Crippen LogP contribution in [0, 0.1) is 13.8 Å². The standard InChI is InChI=1S/C26H20/c1-15-7-8-20-17(11-15)13-24-21(20)9-10-23-25(24)14-18-12-16(2)19-5-3-4-6-22(19)26(18)23/h3-12H,13-14H2,1-2H3. The smallest absolute Gasteiger partial charge is 0.00100 e. The summed E-state index contributed by atoms with van der Waals surface area (Å²) in [4.78, 5) is 0. The number of benzene rings is 4. The summed E-state index contributed by atoms with van der Waals surface area (Å²) in [5, 5.41) is 2.80. The fourth-order valence-electron chi connectivity index (χ4n) is 5.18. The maximum atomic E-state index is 2.41. The molecule has 0 saturated carbocycles. The van der Waals surface area contributed by atoms with Crippen LogP contribution in [-0.4, -0.2) is 0 Å². The van der Waals surface area contributed by atoms with Crippen LogP contribution in [0.4, 0.5) is 0 Å². The molecular formula is C26H20. The highest BCUT2D eigenvalue weighted by Gasteiger charge is 2.29. The second-order valence-corrected chi connectivity index (χ2v) is 7.91. The second-order valence-electron chi connectivity index (χ2n) is 7.91. The normalized spacial score (nSPS) is 13.5. The van der Waals surface area contributed by atoms with E-state index in [9.17, 15) is 0 Å². The first-order valence-corrected chi connectivity index (χ1v) is 9.47. The van der Waals surface area contributed by atoms with E-state index in [0.29, 0.717) is 0 Å². The maximum Gasteiger partial charge on any atom is -0.00100 e.